The van der Waals surface area contributed by atoms with E-state index in [1.54, 1.807) is 28.8 Å². The second-order valence-corrected chi connectivity index (χ2v) is 14.0. The lowest BCUT2D eigenvalue weighted by Crippen LogP contribution is -2.32. The number of imidazole rings is 1. The second kappa shape index (κ2) is 23.9. The summed E-state index contributed by atoms with van der Waals surface area (Å²) in [7, 11) is -3.82. The fourth-order valence-corrected chi connectivity index (χ4v) is 6.69. The molecule has 1 saturated heterocycles. The van der Waals surface area contributed by atoms with Gasteiger partial charge in [0.25, 0.3) is 5.56 Å². The third-order valence-corrected chi connectivity index (χ3v) is 9.60. The molecule has 2 aromatic heterocycles. The maximum atomic E-state index is 13.8. The number of carbonyl (C=O) groups is 1. The Bertz CT molecular complexity index is 1810. The molecule has 3 aromatic rings. The van der Waals surface area contributed by atoms with E-state index in [0.717, 1.165) is 38.5 Å². The van der Waals surface area contributed by atoms with E-state index >= 15 is 0 Å². The van der Waals surface area contributed by atoms with Crippen molar-refractivity contribution in [1.82, 2.24) is 29.9 Å². The molecule has 1 amide bonds. The average Bonchev–Trinajstić information content (AvgIpc) is 3.82. The van der Waals surface area contributed by atoms with Gasteiger partial charge in [-0.1, -0.05) is 98.0 Å². The van der Waals surface area contributed by atoms with Crippen LogP contribution in [0.3, 0.4) is 0 Å². The Morgan fingerprint density at radius 2 is 1.55 bits per heavy atom. The number of rotatable bonds is 24. The summed E-state index contributed by atoms with van der Waals surface area (Å²) in [4.78, 5) is 35.3. The molecule has 0 saturated carbocycles. The summed E-state index contributed by atoms with van der Waals surface area (Å²) < 4.78 is 33.2. The highest BCUT2D eigenvalue weighted by Gasteiger charge is 2.33. The first-order valence-electron chi connectivity index (χ1n) is 18.4. The number of allylic oxidation sites excluding steroid dienone is 12. The topological polar surface area (TPSA) is 149 Å². The number of para-hydroxylation sites is 1. The molecule has 284 valence electrons. The molecule has 12 nitrogen and oxygen atoms in total. The van der Waals surface area contributed by atoms with Gasteiger partial charge in [0.2, 0.25) is 5.91 Å². The van der Waals surface area contributed by atoms with Gasteiger partial charge < -0.3 is 19.6 Å². The van der Waals surface area contributed by atoms with Crippen molar-refractivity contribution in [2.45, 2.75) is 83.5 Å². The van der Waals surface area contributed by atoms with Crippen molar-refractivity contribution >= 4 is 24.8 Å². The molecule has 0 aliphatic carbocycles. The Kier molecular flexibility index (Phi) is 18.5. The SMILES string of the molecule is CC/C=C\C/C=C\C/C=C\C/C=C\C/C=C\C/C=C\CCC(=O)NCCNP(=O)(OC[C@@H]1CC[C@H](n2cnc3c(=O)[nH]cnc32)O1)Oc1ccccc1. The molecule has 1 aliphatic heterocycles. The predicted molar refractivity (Wildman–Crippen MR) is 210 cm³/mol. The molecule has 3 atom stereocenters. The van der Waals surface area contributed by atoms with Gasteiger partial charge in [-0.2, -0.15) is 0 Å². The number of H-pyrrole nitrogens is 1. The third kappa shape index (κ3) is 15.5. The zero-order valence-corrected chi connectivity index (χ0v) is 31.4. The summed E-state index contributed by atoms with van der Waals surface area (Å²) in [6.07, 6.45) is 35.9. The van der Waals surface area contributed by atoms with E-state index in [0.29, 0.717) is 37.1 Å². The molecule has 1 fully saturated rings. The summed E-state index contributed by atoms with van der Waals surface area (Å²) in [6, 6.07) is 8.76. The lowest BCUT2D eigenvalue weighted by Gasteiger charge is -2.22. The van der Waals surface area contributed by atoms with Gasteiger partial charge in [0.05, 0.1) is 25.4 Å². The van der Waals surface area contributed by atoms with Crippen LogP contribution < -0.4 is 20.5 Å². The van der Waals surface area contributed by atoms with Crippen molar-refractivity contribution in [3.8, 4) is 5.75 Å². The van der Waals surface area contributed by atoms with E-state index in [-0.39, 0.29) is 42.8 Å². The van der Waals surface area contributed by atoms with Crippen LogP contribution in [0.25, 0.3) is 11.2 Å². The molecule has 3 N–H and O–H groups in total. The molecule has 1 aromatic carbocycles. The minimum absolute atomic E-state index is 0.00652. The van der Waals surface area contributed by atoms with Crippen LogP contribution in [0, 0.1) is 0 Å². The molecule has 0 spiro atoms. The monoisotopic (exact) mass is 744 g/mol. The van der Waals surface area contributed by atoms with Gasteiger partial charge in [-0.25, -0.2) is 19.6 Å². The van der Waals surface area contributed by atoms with Crippen molar-refractivity contribution in [2.75, 3.05) is 19.7 Å². The van der Waals surface area contributed by atoms with Crippen molar-refractivity contribution in [2.24, 2.45) is 0 Å². The summed E-state index contributed by atoms with van der Waals surface area (Å²) in [5.74, 6) is 0.287. The largest absolute Gasteiger partial charge is 0.458 e. The van der Waals surface area contributed by atoms with E-state index in [1.165, 1.54) is 12.7 Å². The fourth-order valence-electron chi connectivity index (χ4n) is 5.33. The number of hydrogen-bond acceptors (Lipinski definition) is 8. The zero-order valence-electron chi connectivity index (χ0n) is 30.6. The Labute approximate surface area is 312 Å². The molecule has 0 bridgehead atoms. The first kappa shape index (κ1) is 41.2. The highest BCUT2D eigenvalue weighted by molar-refractivity contribution is 7.52. The van der Waals surface area contributed by atoms with Crippen molar-refractivity contribution in [3.05, 3.63) is 126 Å². The maximum absolute atomic E-state index is 13.8. The third-order valence-electron chi connectivity index (χ3n) is 8.05. The van der Waals surface area contributed by atoms with Gasteiger partial charge in [-0.15, -0.1) is 0 Å². The molecular formula is C40H53N6O6P. The van der Waals surface area contributed by atoms with Gasteiger partial charge in [-0.3, -0.25) is 18.7 Å². The van der Waals surface area contributed by atoms with Crippen LogP contribution >= 0.6 is 7.75 Å². The predicted octanol–water partition coefficient (Wildman–Crippen LogP) is 8.18. The summed E-state index contributed by atoms with van der Waals surface area (Å²) in [6.45, 7) is 2.57. The van der Waals surface area contributed by atoms with Crippen LogP contribution in [-0.4, -0.2) is 51.2 Å². The van der Waals surface area contributed by atoms with Gasteiger partial charge in [0.15, 0.2) is 11.2 Å². The first-order valence-corrected chi connectivity index (χ1v) is 20.0. The minimum Gasteiger partial charge on any atom is -0.413 e. The maximum Gasteiger partial charge on any atom is 0.458 e. The van der Waals surface area contributed by atoms with Gasteiger partial charge in [0.1, 0.15) is 12.0 Å². The number of nitrogens with one attached hydrogen (secondary N) is 3. The van der Waals surface area contributed by atoms with E-state index < -0.39 is 14.0 Å². The number of ether oxygens (including phenoxy) is 1. The summed E-state index contributed by atoms with van der Waals surface area (Å²) in [5, 5.41) is 5.72. The smallest absolute Gasteiger partial charge is 0.413 e. The van der Waals surface area contributed by atoms with Gasteiger partial charge in [-0.05, 0) is 69.9 Å². The number of nitrogens with zero attached hydrogens (tertiary/aromatic N) is 3. The standard InChI is InChI=1S/C40H53N6O6P/c1-2-3-4-5-6-7-8-9-10-11-12-13-14-15-16-17-18-19-23-26-36(47)41-29-30-45-53(49,52-34-24-21-20-22-25-34)50-31-35-27-28-37(51-35)46-33-44-38-39(46)42-32-43-40(38)48/h3-4,6-7,9-10,12-13,15-16,18-22,24-25,32-33,35,37H,2,5,8,11,14,17,23,26-31H2,1H3,(H,41,47)(H,45,49)(H,42,43,48)/b4-3-,7-6-,10-9-,13-12-,16-15-,19-18-/t35-,37+,53?/m0/s1. The number of aromatic amines is 1. The highest BCUT2D eigenvalue weighted by Crippen LogP contribution is 2.45. The first-order chi connectivity index (χ1) is 26.0. The quantitative estimate of drug-likeness (QED) is 0.0469. The Hall–Kier alpha value is -4.61. The minimum atomic E-state index is -3.82. The molecule has 13 heteroatoms. The van der Waals surface area contributed by atoms with Crippen LogP contribution in [0.5, 0.6) is 5.75 Å². The van der Waals surface area contributed by atoms with Crippen molar-refractivity contribution < 1.29 is 23.1 Å². The van der Waals surface area contributed by atoms with E-state index in [2.05, 4.69) is 99.1 Å². The Morgan fingerprint density at radius 1 is 0.906 bits per heavy atom. The molecule has 3 heterocycles. The molecule has 1 aliphatic rings. The van der Waals surface area contributed by atoms with Crippen LogP contribution in [0.2, 0.25) is 0 Å². The molecule has 1 unspecified atom stereocenters. The van der Waals surface area contributed by atoms with Gasteiger partial charge in [0, 0.05) is 19.5 Å². The van der Waals surface area contributed by atoms with Crippen LogP contribution in [-0.2, 0) is 18.6 Å². The van der Waals surface area contributed by atoms with E-state index in [1.807, 2.05) is 12.1 Å². The van der Waals surface area contributed by atoms with Gasteiger partial charge >= 0.3 is 7.75 Å². The highest BCUT2D eigenvalue weighted by atomic mass is 31.2. The molecule has 4 rings (SSSR count). The molecular weight excluding hydrogens is 691 g/mol. The second-order valence-electron chi connectivity index (χ2n) is 12.3. The number of carbonyl (C=O) groups excluding carboxylic acids is 1. The number of hydrogen-bond donors (Lipinski definition) is 3. The van der Waals surface area contributed by atoms with Crippen molar-refractivity contribution in [3.63, 3.8) is 0 Å². The zero-order chi connectivity index (χ0) is 37.4. The lowest BCUT2D eigenvalue weighted by molar-refractivity contribution is -0.120. The molecule has 53 heavy (non-hydrogen) atoms. The molecule has 0 radical (unpaired) electrons. The number of fused-ring (bicyclic) bond motifs is 1. The van der Waals surface area contributed by atoms with E-state index in [4.69, 9.17) is 13.8 Å². The van der Waals surface area contributed by atoms with Crippen molar-refractivity contribution in [1.29, 1.82) is 0 Å². The number of benzene rings is 1. The average molecular weight is 745 g/mol. The van der Waals surface area contributed by atoms with Crippen LogP contribution in [0.15, 0.2) is 121 Å². The van der Waals surface area contributed by atoms with Crippen LogP contribution in [0.4, 0.5) is 0 Å². The van der Waals surface area contributed by atoms with Crippen LogP contribution in [0.1, 0.15) is 77.4 Å². The van der Waals surface area contributed by atoms with E-state index in [9.17, 15) is 14.2 Å². The normalized spacial score (nSPS) is 17.8. The number of aromatic nitrogens is 4. The lowest BCUT2D eigenvalue weighted by atomic mass is 10.2. The number of amides is 1. The summed E-state index contributed by atoms with van der Waals surface area (Å²) >= 11 is 0. The Balaban J connectivity index is 1.09. The summed E-state index contributed by atoms with van der Waals surface area (Å²) in [5.41, 5.74) is 0.346. The Morgan fingerprint density at radius 3 is 2.21 bits per heavy atom. The fraction of sp³-hybridized carbons (Fsp3) is 0.400.